The average Bonchev–Trinajstić information content (AvgIpc) is 2.83. The highest BCUT2D eigenvalue weighted by atomic mass is 32.2. The van der Waals surface area contributed by atoms with Crippen molar-refractivity contribution in [1.29, 1.82) is 0 Å². The summed E-state index contributed by atoms with van der Waals surface area (Å²) < 4.78 is 0. The molecule has 0 radical (unpaired) electrons. The van der Waals surface area contributed by atoms with E-state index in [2.05, 4.69) is 29.2 Å². The molecule has 90 valence electrons. The first-order valence-electron chi connectivity index (χ1n) is 6.30. The molecule has 2 atom stereocenters. The molecule has 2 aliphatic rings. The average molecular weight is 247 g/mol. The minimum Gasteiger partial charge on any atom is -0.330 e. The topological polar surface area (TPSA) is 20.3 Å². The van der Waals surface area contributed by atoms with Crippen molar-refractivity contribution in [2.24, 2.45) is 5.92 Å². The number of carbonyl (C=O) groups excluding carboxylic acids is 1. The van der Waals surface area contributed by atoms with E-state index in [1.54, 1.807) is 0 Å². The molecule has 2 heterocycles. The second-order valence-corrected chi connectivity index (χ2v) is 6.11. The summed E-state index contributed by atoms with van der Waals surface area (Å²) in [7, 11) is 0. The number of hydrogen-bond donors (Lipinski definition) is 0. The zero-order chi connectivity index (χ0) is 11.7. The number of hydrogen-bond acceptors (Lipinski definition) is 2. The normalized spacial score (nSPS) is 28.2. The van der Waals surface area contributed by atoms with E-state index in [1.807, 2.05) is 17.8 Å². The molecule has 3 heteroatoms. The SMILES string of the molecule is O=C1[C@H](Cc2ccccc2)CCC2SCCN12. The van der Waals surface area contributed by atoms with Crippen molar-refractivity contribution in [2.45, 2.75) is 24.6 Å². The van der Waals surface area contributed by atoms with Gasteiger partial charge in [0.15, 0.2) is 0 Å². The second kappa shape index (κ2) is 4.73. The van der Waals surface area contributed by atoms with Crippen LogP contribution in [0.5, 0.6) is 0 Å². The van der Waals surface area contributed by atoms with Crippen LogP contribution in [0.2, 0.25) is 0 Å². The minimum atomic E-state index is 0.215. The van der Waals surface area contributed by atoms with E-state index in [0.717, 1.165) is 25.1 Å². The summed E-state index contributed by atoms with van der Waals surface area (Å²) in [5.74, 6) is 1.72. The predicted octanol–water partition coefficient (Wildman–Crippen LogP) is 2.54. The molecule has 0 bridgehead atoms. The van der Waals surface area contributed by atoms with Crippen LogP contribution in [0.3, 0.4) is 0 Å². The highest BCUT2D eigenvalue weighted by Gasteiger charge is 2.38. The molecule has 1 unspecified atom stereocenters. The lowest BCUT2D eigenvalue weighted by molar-refractivity contribution is -0.138. The van der Waals surface area contributed by atoms with Crippen LogP contribution in [0.25, 0.3) is 0 Å². The molecule has 0 saturated carbocycles. The third-order valence-corrected chi connectivity index (χ3v) is 5.00. The summed E-state index contributed by atoms with van der Waals surface area (Å²) in [6.45, 7) is 0.958. The third kappa shape index (κ3) is 2.21. The third-order valence-electron chi connectivity index (χ3n) is 3.71. The predicted molar refractivity (Wildman–Crippen MR) is 70.8 cm³/mol. The van der Waals surface area contributed by atoms with Crippen LogP contribution in [0, 0.1) is 5.92 Å². The lowest BCUT2D eigenvalue weighted by Gasteiger charge is -2.33. The lowest BCUT2D eigenvalue weighted by Crippen LogP contribution is -2.44. The van der Waals surface area contributed by atoms with E-state index in [0.29, 0.717) is 11.3 Å². The largest absolute Gasteiger partial charge is 0.330 e. The Hall–Kier alpha value is -0.960. The minimum absolute atomic E-state index is 0.215. The van der Waals surface area contributed by atoms with E-state index in [-0.39, 0.29) is 5.92 Å². The van der Waals surface area contributed by atoms with Crippen LogP contribution in [-0.4, -0.2) is 28.5 Å². The summed E-state index contributed by atoms with van der Waals surface area (Å²) in [5.41, 5.74) is 1.29. The van der Waals surface area contributed by atoms with E-state index >= 15 is 0 Å². The Morgan fingerprint density at radius 3 is 2.88 bits per heavy atom. The zero-order valence-electron chi connectivity index (χ0n) is 9.84. The lowest BCUT2D eigenvalue weighted by atomic mass is 9.90. The highest BCUT2D eigenvalue weighted by molar-refractivity contribution is 8.00. The van der Waals surface area contributed by atoms with Gasteiger partial charge in [-0.15, -0.1) is 11.8 Å². The van der Waals surface area contributed by atoms with Crippen molar-refractivity contribution in [2.75, 3.05) is 12.3 Å². The van der Waals surface area contributed by atoms with Crippen LogP contribution in [-0.2, 0) is 11.2 Å². The molecule has 2 aliphatic heterocycles. The quantitative estimate of drug-likeness (QED) is 0.800. The summed E-state index contributed by atoms with van der Waals surface area (Å²) in [5, 5.41) is 0.481. The smallest absolute Gasteiger partial charge is 0.226 e. The van der Waals surface area contributed by atoms with E-state index in [1.165, 1.54) is 12.0 Å². The molecule has 0 aliphatic carbocycles. The molecule has 1 aromatic rings. The maximum Gasteiger partial charge on any atom is 0.226 e. The van der Waals surface area contributed by atoms with Crippen LogP contribution in [0.1, 0.15) is 18.4 Å². The fourth-order valence-corrected chi connectivity index (χ4v) is 4.07. The Balaban J connectivity index is 1.70. The number of rotatable bonds is 2. The summed E-state index contributed by atoms with van der Waals surface area (Å²) in [6, 6.07) is 10.4. The van der Waals surface area contributed by atoms with Crippen LogP contribution >= 0.6 is 11.8 Å². The van der Waals surface area contributed by atoms with Crippen molar-refractivity contribution in [1.82, 2.24) is 4.90 Å². The Labute approximate surface area is 106 Å². The number of thioether (sulfide) groups is 1. The fourth-order valence-electron chi connectivity index (χ4n) is 2.80. The first-order valence-corrected chi connectivity index (χ1v) is 7.35. The molecule has 2 fully saturated rings. The van der Waals surface area contributed by atoms with Gasteiger partial charge in [-0.2, -0.15) is 0 Å². The molecule has 0 aromatic heterocycles. The molecule has 3 rings (SSSR count). The van der Waals surface area contributed by atoms with Gasteiger partial charge in [0.2, 0.25) is 5.91 Å². The Kier molecular flexibility index (Phi) is 3.10. The molecule has 1 aromatic carbocycles. The van der Waals surface area contributed by atoms with Crippen LogP contribution < -0.4 is 0 Å². The Morgan fingerprint density at radius 2 is 2.06 bits per heavy atom. The van der Waals surface area contributed by atoms with Gasteiger partial charge in [0.1, 0.15) is 0 Å². The van der Waals surface area contributed by atoms with Gasteiger partial charge in [0.25, 0.3) is 0 Å². The first-order chi connectivity index (χ1) is 8.34. The van der Waals surface area contributed by atoms with E-state index in [4.69, 9.17) is 0 Å². The van der Waals surface area contributed by atoms with Gasteiger partial charge in [0, 0.05) is 18.2 Å². The van der Waals surface area contributed by atoms with Crippen molar-refractivity contribution in [3.63, 3.8) is 0 Å². The summed E-state index contributed by atoms with van der Waals surface area (Å²) in [6.07, 6.45) is 3.14. The standard InChI is InChI=1S/C14H17NOS/c16-14-12(10-11-4-2-1-3-5-11)6-7-13-15(14)8-9-17-13/h1-5,12-13H,6-10H2/t12-,13?/m0/s1. The van der Waals surface area contributed by atoms with Crippen molar-refractivity contribution < 1.29 is 4.79 Å². The van der Waals surface area contributed by atoms with Gasteiger partial charge in [-0.3, -0.25) is 4.79 Å². The van der Waals surface area contributed by atoms with E-state index < -0.39 is 0 Å². The van der Waals surface area contributed by atoms with E-state index in [9.17, 15) is 4.79 Å². The van der Waals surface area contributed by atoms with Gasteiger partial charge in [0.05, 0.1) is 5.37 Å². The number of fused-ring (bicyclic) bond motifs is 1. The highest BCUT2D eigenvalue weighted by Crippen LogP contribution is 2.35. The Bertz CT molecular complexity index is 406. The maximum atomic E-state index is 12.3. The number of nitrogens with zero attached hydrogens (tertiary/aromatic N) is 1. The number of benzene rings is 1. The summed E-state index contributed by atoms with van der Waals surface area (Å²) >= 11 is 1.94. The number of amides is 1. The van der Waals surface area contributed by atoms with Gasteiger partial charge < -0.3 is 4.90 Å². The molecule has 1 amide bonds. The molecular formula is C14H17NOS. The monoisotopic (exact) mass is 247 g/mol. The molecule has 17 heavy (non-hydrogen) atoms. The van der Waals surface area contributed by atoms with Crippen molar-refractivity contribution >= 4 is 17.7 Å². The molecule has 2 saturated heterocycles. The van der Waals surface area contributed by atoms with Crippen molar-refractivity contribution in [3.05, 3.63) is 35.9 Å². The van der Waals surface area contributed by atoms with Crippen molar-refractivity contribution in [3.8, 4) is 0 Å². The Morgan fingerprint density at radius 1 is 1.24 bits per heavy atom. The second-order valence-electron chi connectivity index (χ2n) is 4.82. The molecule has 0 spiro atoms. The molecular weight excluding hydrogens is 230 g/mol. The maximum absolute atomic E-state index is 12.3. The van der Waals surface area contributed by atoms with Gasteiger partial charge in [-0.25, -0.2) is 0 Å². The first kappa shape index (κ1) is 11.1. The van der Waals surface area contributed by atoms with Gasteiger partial charge in [-0.05, 0) is 24.8 Å². The fraction of sp³-hybridized carbons (Fsp3) is 0.500. The van der Waals surface area contributed by atoms with Gasteiger partial charge in [-0.1, -0.05) is 30.3 Å². The van der Waals surface area contributed by atoms with Crippen LogP contribution in [0.15, 0.2) is 30.3 Å². The molecule has 2 nitrogen and oxygen atoms in total. The number of carbonyl (C=O) groups is 1. The van der Waals surface area contributed by atoms with Crippen LogP contribution in [0.4, 0.5) is 0 Å². The zero-order valence-corrected chi connectivity index (χ0v) is 10.7. The number of piperidine rings is 1. The van der Waals surface area contributed by atoms with Gasteiger partial charge >= 0.3 is 0 Å². The molecule has 0 N–H and O–H groups in total. The summed E-state index contributed by atoms with van der Waals surface area (Å²) in [4.78, 5) is 14.4.